The van der Waals surface area contributed by atoms with E-state index in [0.29, 0.717) is 49.6 Å². The van der Waals surface area contributed by atoms with Gasteiger partial charge in [-0.2, -0.15) is 4.31 Å². The molecule has 1 aliphatic carbocycles. The first-order valence-electron chi connectivity index (χ1n) is 11.6. The van der Waals surface area contributed by atoms with Crippen LogP contribution >= 0.6 is 0 Å². The van der Waals surface area contributed by atoms with E-state index >= 15 is 0 Å². The molecule has 1 aromatic carbocycles. The number of piperazine rings is 1. The Morgan fingerprint density at radius 3 is 2.50 bits per heavy atom. The Morgan fingerprint density at radius 2 is 1.73 bits per heavy atom. The van der Waals surface area contributed by atoms with Crippen LogP contribution in [0.2, 0.25) is 0 Å². The number of aryl methyl sites for hydroxylation is 2. The second-order valence-electron chi connectivity index (χ2n) is 9.44. The van der Waals surface area contributed by atoms with Crippen LogP contribution in [0, 0.1) is 19.8 Å². The topological polar surface area (TPSA) is 62.1 Å². The maximum absolute atomic E-state index is 13.1. The lowest BCUT2D eigenvalue weighted by Gasteiger charge is -2.44. The zero-order chi connectivity index (χ0) is 21.3. The van der Waals surface area contributed by atoms with Gasteiger partial charge in [0, 0.05) is 12.6 Å². The molecule has 2 atom stereocenters. The fourth-order valence-corrected chi connectivity index (χ4v) is 7.34. The summed E-state index contributed by atoms with van der Waals surface area (Å²) in [4.78, 5) is 16.9. The molecule has 1 saturated carbocycles. The van der Waals surface area contributed by atoms with Gasteiger partial charge >= 0.3 is 0 Å². The van der Waals surface area contributed by atoms with E-state index in [2.05, 4.69) is 4.90 Å². The summed E-state index contributed by atoms with van der Waals surface area (Å²) in [5, 5.41) is 0. The van der Waals surface area contributed by atoms with Crippen LogP contribution in [0.5, 0.6) is 0 Å². The Hall–Kier alpha value is -1.44. The van der Waals surface area contributed by atoms with Crippen molar-refractivity contribution in [3.8, 4) is 0 Å². The van der Waals surface area contributed by atoms with Gasteiger partial charge in [-0.15, -0.1) is 0 Å². The van der Waals surface area contributed by atoms with Crippen molar-refractivity contribution in [3.63, 3.8) is 0 Å². The number of carbonyl (C=O) groups excluding carboxylic acids is 1. The van der Waals surface area contributed by atoms with Crippen molar-refractivity contribution in [2.24, 2.45) is 5.92 Å². The number of fused-ring (bicyclic) bond motifs is 1. The number of quaternary nitrogens is 1. The summed E-state index contributed by atoms with van der Waals surface area (Å²) in [5.74, 6) is 0.971. The van der Waals surface area contributed by atoms with Gasteiger partial charge in [-0.05, 0) is 62.6 Å². The number of carbonyl (C=O) groups is 1. The summed E-state index contributed by atoms with van der Waals surface area (Å²) in [7, 11) is -3.48. The lowest BCUT2D eigenvalue weighted by molar-refractivity contribution is -0.896. The highest BCUT2D eigenvalue weighted by molar-refractivity contribution is 7.89. The molecule has 30 heavy (non-hydrogen) atoms. The molecule has 166 valence electrons. The fourth-order valence-electron chi connectivity index (χ4n) is 5.59. The average Bonchev–Trinajstić information content (AvgIpc) is 2.75. The standard InChI is InChI=1S/C23H35N3O3S/c1-18-9-10-19(2)22(16-18)30(28,29)25-14-12-24(13-15-25)17-23(27)26-11-5-7-20-6-3-4-8-21(20)26/h9-10,16,20-21H,3-8,11-15,17H2,1-2H3/p+1/t20-,21-/m0/s1. The zero-order valence-electron chi connectivity index (χ0n) is 18.4. The first kappa shape index (κ1) is 21.8. The molecule has 2 heterocycles. The minimum Gasteiger partial charge on any atom is -0.335 e. The summed E-state index contributed by atoms with van der Waals surface area (Å²) >= 11 is 0. The molecule has 1 amide bonds. The summed E-state index contributed by atoms with van der Waals surface area (Å²) in [6, 6.07) is 6.04. The number of nitrogens with zero attached hydrogens (tertiary/aromatic N) is 2. The molecule has 4 rings (SSSR count). The number of hydrogen-bond acceptors (Lipinski definition) is 3. The molecule has 1 aromatic rings. The Morgan fingerprint density at radius 1 is 1.03 bits per heavy atom. The number of rotatable bonds is 4. The fraction of sp³-hybridized carbons (Fsp3) is 0.696. The van der Waals surface area contributed by atoms with Gasteiger partial charge in [0.25, 0.3) is 5.91 Å². The van der Waals surface area contributed by atoms with Gasteiger partial charge in [-0.25, -0.2) is 8.42 Å². The van der Waals surface area contributed by atoms with Gasteiger partial charge in [0.05, 0.1) is 31.1 Å². The van der Waals surface area contributed by atoms with Crippen LogP contribution in [-0.4, -0.2) is 68.8 Å². The third-order valence-corrected chi connectivity index (χ3v) is 9.40. The first-order chi connectivity index (χ1) is 14.4. The Balaban J connectivity index is 1.35. The van der Waals surface area contributed by atoms with Crippen LogP contribution in [0.1, 0.15) is 49.7 Å². The Labute approximate surface area is 181 Å². The van der Waals surface area contributed by atoms with E-state index in [-0.39, 0.29) is 5.91 Å². The number of likely N-dealkylation sites (tertiary alicyclic amines) is 1. The van der Waals surface area contributed by atoms with Crippen LogP contribution in [-0.2, 0) is 14.8 Å². The van der Waals surface area contributed by atoms with E-state index in [1.807, 2.05) is 26.0 Å². The number of hydrogen-bond donors (Lipinski definition) is 1. The van der Waals surface area contributed by atoms with E-state index in [9.17, 15) is 13.2 Å². The second-order valence-corrected chi connectivity index (χ2v) is 11.3. The van der Waals surface area contributed by atoms with Gasteiger partial charge in [-0.3, -0.25) is 4.79 Å². The SMILES string of the molecule is Cc1ccc(C)c(S(=O)(=O)N2CC[NH+](CC(=O)N3CCC[C@@H]4CCCC[C@@H]43)CC2)c1. The minimum absolute atomic E-state index is 0.271. The molecular weight excluding hydrogens is 398 g/mol. The molecule has 1 N–H and O–H groups in total. The molecule has 3 aliphatic rings. The molecule has 0 radical (unpaired) electrons. The van der Waals surface area contributed by atoms with Crippen molar-refractivity contribution in [1.29, 1.82) is 0 Å². The summed E-state index contributed by atoms with van der Waals surface area (Å²) in [6.45, 7) is 7.51. The van der Waals surface area contributed by atoms with Crippen LogP contribution in [0.15, 0.2) is 23.1 Å². The van der Waals surface area contributed by atoms with E-state index in [4.69, 9.17) is 0 Å². The lowest BCUT2D eigenvalue weighted by atomic mass is 9.78. The van der Waals surface area contributed by atoms with Crippen molar-refractivity contribution in [1.82, 2.24) is 9.21 Å². The smallest absolute Gasteiger partial charge is 0.278 e. The highest BCUT2D eigenvalue weighted by Gasteiger charge is 2.38. The molecule has 6 nitrogen and oxygen atoms in total. The van der Waals surface area contributed by atoms with Gasteiger partial charge < -0.3 is 9.80 Å². The molecule has 2 saturated heterocycles. The van der Waals surface area contributed by atoms with Crippen LogP contribution in [0.25, 0.3) is 0 Å². The average molecular weight is 435 g/mol. The summed E-state index contributed by atoms with van der Waals surface area (Å²) in [6.07, 6.45) is 7.39. The third-order valence-electron chi connectivity index (χ3n) is 7.36. The van der Waals surface area contributed by atoms with Gasteiger partial charge in [-0.1, -0.05) is 25.0 Å². The predicted molar refractivity (Wildman–Crippen MR) is 117 cm³/mol. The largest absolute Gasteiger partial charge is 0.335 e. The summed E-state index contributed by atoms with van der Waals surface area (Å²) in [5.41, 5.74) is 1.74. The minimum atomic E-state index is -3.48. The van der Waals surface area contributed by atoms with Crippen LogP contribution < -0.4 is 4.90 Å². The van der Waals surface area contributed by atoms with E-state index in [1.165, 1.54) is 30.6 Å². The second kappa shape index (κ2) is 8.97. The van der Waals surface area contributed by atoms with E-state index in [1.54, 1.807) is 10.4 Å². The maximum atomic E-state index is 13.1. The first-order valence-corrected chi connectivity index (χ1v) is 13.0. The van der Waals surface area contributed by atoms with Crippen molar-refractivity contribution in [2.75, 3.05) is 39.3 Å². The number of nitrogens with one attached hydrogen (secondary N) is 1. The number of piperidine rings is 1. The lowest BCUT2D eigenvalue weighted by Crippen LogP contribution is -3.15. The number of amides is 1. The number of sulfonamides is 1. The van der Waals surface area contributed by atoms with Crippen molar-refractivity contribution >= 4 is 15.9 Å². The zero-order valence-corrected chi connectivity index (χ0v) is 19.2. The normalized spacial score (nSPS) is 26.4. The van der Waals surface area contributed by atoms with E-state index in [0.717, 1.165) is 30.5 Å². The van der Waals surface area contributed by atoms with Crippen LogP contribution in [0.3, 0.4) is 0 Å². The molecular formula is C23H36N3O3S+. The molecule has 0 bridgehead atoms. The Bertz CT molecular complexity index is 876. The van der Waals surface area contributed by atoms with Crippen molar-refractivity contribution < 1.29 is 18.1 Å². The quantitative estimate of drug-likeness (QED) is 0.779. The molecule has 2 aliphatic heterocycles. The molecule has 0 unspecified atom stereocenters. The Kier molecular flexibility index (Phi) is 6.51. The predicted octanol–water partition coefficient (Wildman–Crippen LogP) is 1.37. The molecule has 0 spiro atoms. The highest BCUT2D eigenvalue weighted by Crippen LogP contribution is 2.35. The van der Waals surface area contributed by atoms with Gasteiger partial charge in [0.1, 0.15) is 0 Å². The van der Waals surface area contributed by atoms with Crippen molar-refractivity contribution in [3.05, 3.63) is 29.3 Å². The molecule has 7 heteroatoms. The van der Waals surface area contributed by atoms with Gasteiger partial charge in [0.15, 0.2) is 6.54 Å². The molecule has 0 aromatic heterocycles. The highest BCUT2D eigenvalue weighted by atomic mass is 32.2. The van der Waals surface area contributed by atoms with Crippen LogP contribution in [0.4, 0.5) is 0 Å². The third kappa shape index (κ3) is 4.43. The molecule has 3 fully saturated rings. The summed E-state index contributed by atoms with van der Waals surface area (Å²) < 4.78 is 27.9. The van der Waals surface area contributed by atoms with Crippen molar-refractivity contribution in [2.45, 2.75) is 63.3 Å². The van der Waals surface area contributed by atoms with E-state index < -0.39 is 10.0 Å². The van der Waals surface area contributed by atoms with Gasteiger partial charge in [0.2, 0.25) is 10.0 Å². The maximum Gasteiger partial charge on any atom is 0.278 e. The monoisotopic (exact) mass is 434 g/mol. The number of benzene rings is 1.